The lowest BCUT2D eigenvalue weighted by Gasteiger charge is -2.40. The summed E-state index contributed by atoms with van der Waals surface area (Å²) in [6, 6.07) is 8.49. The van der Waals surface area contributed by atoms with Crippen molar-refractivity contribution in [2.75, 3.05) is 23.0 Å². The summed E-state index contributed by atoms with van der Waals surface area (Å²) in [4.78, 5) is 15.2. The third kappa shape index (κ3) is 4.37. The molecular weight excluding hydrogens is 354 g/mol. The normalized spacial score (nSPS) is 28.9. The molecule has 4 heteroatoms. The van der Waals surface area contributed by atoms with Crippen molar-refractivity contribution in [2.45, 2.75) is 77.2 Å². The molecule has 1 aromatic carbocycles. The van der Waals surface area contributed by atoms with Crippen molar-refractivity contribution in [1.82, 2.24) is 0 Å². The Morgan fingerprint density at radius 3 is 2.26 bits per heavy atom. The van der Waals surface area contributed by atoms with E-state index in [1.54, 1.807) is 0 Å². The Kier molecular flexibility index (Phi) is 5.98. The number of carbonyl (C=O) groups excluding carboxylic acids is 1. The lowest BCUT2D eigenvalue weighted by molar-refractivity contribution is -0.130. The third-order valence-electron chi connectivity index (χ3n) is 6.41. The first-order valence-electron chi connectivity index (χ1n) is 10.4. The van der Waals surface area contributed by atoms with Gasteiger partial charge in [0.25, 0.3) is 0 Å². The Balaban J connectivity index is 1.65. The van der Waals surface area contributed by atoms with Crippen LogP contribution in [0.1, 0.15) is 71.8 Å². The number of anilines is 1. The predicted octanol–water partition coefficient (Wildman–Crippen LogP) is 5.16. The Hall–Kier alpha value is -1.00. The molecule has 1 saturated heterocycles. The molecule has 0 aromatic heterocycles. The number of hydrogen-bond acceptors (Lipinski definition) is 3. The van der Waals surface area contributed by atoms with E-state index < -0.39 is 5.60 Å². The molecule has 0 radical (unpaired) electrons. The van der Waals surface area contributed by atoms with Crippen LogP contribution in [-0.2, 0) is 10.2 Å². The highest BCUT2D eigenvalue weighted by Crippen LogP contribution is 2.49. The number of nitrogens with zero attached hydrogens (tertiary/aromatic N) is 1. The van der Waals surface area contributed by atoms with Crippen LogP contribution < -0.4 is 4.90 Å². The molecular formula is C23H35NO2S. The van der Waals surface area contributed by atoms with E-state index in [4.69, 9.17) is 0 Å². The third-order valence-corrected chi connectivity index (χ3v) is 7.85. The van der Waals surface area contributed by atoms with Gasteiger partial charge in [-0.3, -0.25) is 4.79 Å². The molecule has 1 aliphatic heterocycles. The summed E-state index contributed by atoms with van der Waals surface area (Å²) in [6.45, 7) is 9.60. The quantitative estimate of drug-likeness (QED) is 0.708. The number of amides is 1. The molecule has 27 heavy (non-hydrogen) atoms. The van der Waals surface area contributed by atoms with Crippen LogP contribution in [0.15, 0.2) is 24.3 Å². The number of thioether (sulfide) groups is 1. The standard InChI is InChI=1S/C23H35NO2S/c1-5-16-27-17-23(26)12-10-22(11-13-23)14-15-24(20(22)25)19-8-6-18(7-9-19)21(2,3)4/h6-9,26H,5,10-17H2,1-4H3. The molecule has 2 fully saturated rings. The maximum absolute atomic E-state index is 13.3. The highest BCUT2D eigenvalue weighted by Gasteiger charge is 2.51. The van der Waals surface area contributed by atoms with E-state index in [2.05, 4.69) is 52.0 Å². The number of aliphatic hydroxyl groups is 1. The molecule has 1 aliphatic carbocycles. The second kappa shape index (κ2) is 7.79. The fourth-order valence-electron chi connectivity index (χ4n) is 4.42. The zero-order chi connectivity index (χ0) is 19.7. The van der Waals surface area contributed by atoms with Crippen LogP contribution in [0, 0.1) is 5.41 Å². The van der Waals surface area contributed by atoms with E-state index in [0.29, 0.717) is 0 Å². The van der Waals surface area contributed by atoms with Crippen molar-refractivity contribution in [3.05, 3.63) is 29.8 Å². The second-order valence-corrected chi connectivity index (χ2v) is 10.7. The van der Waals surface area contributed by atoms with Gasteiger partial charge in [-0.05, 0) is 67.4 Å². The molecule has 1 spiro atoms. The molecule has 150 valence electrons. The van der Waals surface area contributed by atoms with Gasteiger partial charge in [0.1, 0.15) is 0 Å². The number of carbonyl (C=O) groups is 1. The molecule has 0 bridgehead atoms. The van der Waals surface area contributed by atoms with Crippen LogP contribution in [0.3, 0.4) is 0 Å². The minimum atomic E-state index is -0.576. The molecule has 1 aromatic rings. The van der Waals surface area contributed by atoms with Gasteiger partial charge in [-0.1, -0.05) is 39.8 Å². The molecule has 1 N–H and O–H groups in total. The van der Waals surface area contributed by atoms with E-state index in [1.807, 2.05) is 16.7 Å². The Bertz CT molecular complexity index is 654. The molecule has 3 nitrogen and oxygen atoms in total. The van der Waals surface area contributed by atoms with Crippen molar-refractivity contribution in [1.29, 1.82) is 0 Å². The van der Waals surface area contributed by atoms with Gasteiger partial charge in [-0.15, -0.1) is 0 Å². The average Bonchev–Trinajstić information content (AvgIpc) is 2.94. The highest BCUT2D eigenvalue weighted by molar-refractivity contribution is 7.99. The topological polar surface area (TPSA) is 40.5 Å². The van der Waals surface area contributed by atoms with Crippen LogP contribution in [0.4, 0.5) is 5.69 Å². The summed E-state index contributed by atoms with van der Waals surface area (Å²) in [6.07, 6.45) is 5.23. The van der Waals surface area contributed by atoms with Crippen molar-refractivity contribution in [3.8, 4) is 0 Å². The van der Waals surface area contributed by atoms with Crippen molar-refractivity contribution >= 4 is 23.4 Å². The maximum Gasteiger partial charge on any atom is 0.233 e. The van der Waals surface area contributed by atoms with E-state index >= 15 is 0 Å². The molecule has 3 rings (SSSR count). The highest BCUT2D eigenvalue weighted by atomic mass is 32.2. The molecule has 2 aliphatic rings. The fraction of sp³-hybridized carbons (Fsp3) is 0.696. The summed E-state index contributed by atoms with van der Waals surface area (Å²) in [5.74, 6) is 2.18. The minimum absolute atomic E-state index is 0.123. The van der Waals surface area contributed by atoms with Gasteiger partial charge in [0.15, 0.2) is 0 Å². The molecule has 1 saturated carbocycles. The van der Waals surface area contributed by atoms with Gasteiger partial charge in [0.2, 0.25) is 5.91 Å². The van der Waals surface area contributed by atoms with Gasteiger partial charge in [-0.2, -0.15) is 11.8 Å². The van der Waals surface area contributed by atoms with Crippen molar-refractivity contribution < 1.29 is 9.90 Å². The number of rotatable bonds is 5. The average molecular weight is 390 g/mol. The second-order valence-electron chi connectivity index (χ2n) is 9.56. The van der Waals surface area contributed by atoms with Crippen LogP contribution >= 0.6 is 11.8 Å². The summed E-state index contributed by atoms with van der Waals surface area (Å²) in [5.41, 5.74) is 1.61. The van der Waals surface area contributed by atoms with Crippen LogP contribution in [0.5, 0.6) is 0 Å². The van der Waals surface area contributed by atoms with E-state index in [0.717, 1.165) is 62.3 Å². The van der Waals surface area contributed by atoms with Crippen LogP contribution in [0.25, 0.3) is 0 Å². The lowest BCUT2D eigenvalue weighted by Crippen LogP contribution is -2.44. The summed E-state index contributed by atoms with van der Waals surface area (Å²) in [5, 5.41) is 10.9. The first kappa shape index (κ1) is 20.7. The smallest absolute Gasteiger partial charge is 0.233 e. The summed E-state index contributed by atoms with van der Waals surface area (Å²) < 4.78 is 0. The van der Waals surface area contributed by atoms with Crippen molar-refractivity contribution in [2.24, 2.45) is 5.41 Å². The fourth-order valence-corrected chi connectivity index (χ4v) is 5.52. The largest absolute Gasteiger partial charge is 0.389 e. The van der Waals surface area contributed by atoms with Gasteiger partial charge >= 0.3 is 0 Å². The van der Waals surface area contributed by atoms with Crippen molar-refractivity contribution in [3.63, 3.8) is 0 Å². The van der Waals surface area contributed by atoms with E-state index in [-0.39, 0.29) is 16.7 Å². The summed E-state index contributed by atoms with van der Waals surface area (Å²) >= 11 is 1.85. The van der Waals surface area contributed by atoms with Gasteiger partial charge in [0.05, 0.1) is 11.0 Å². The van der Waals surface area contributed by atoms with Crippen LogP contribution in [0.2, 0.25) is 0 Å². The Morgan fingerprint density at radius 1 is 1.07 bits per heavy atom. The van der Waals surface area contributed by atoms with Gasteiger partial charge < -0.3 is 10.0 Å². The lowest BCUT2D eigenvalue weighted by atomic mass is 9.68. The molecule has 1 heterocycles. The first-order valence-corrected chi connectivity index (χ1v) is 11.6. The van der Waals surface area contributed by atoms with Crippen LogP contribution in [-0.4, -0.2) is 34.7 Å². The Labute approximate surface area is 168 Å². The first-order chi connectivity index (χ1) is 12.7. The van der Waals surface area contributed by atoms with E-state index in [1.165, 1.54) is 5.56 Å². The zero-order valence-electron chi connectivity index (χ0n) is 17.4. The monoisotopic (exact) mass is 389 g/mol. The summed E-state index contributed by atoms with van der Waals surface area (Å²) in [7, 11) is 0. The number of benzene rings is 1. The molecule has 1 amide bonds. The minimum Gasteiger partial charge on any atom is -0.389 e. The SMILES string of the molecule is CCCSCC1(O)CCC2(CCN(c3ccc(C(C)(C)C)cc3)C2=O)CC1. The number of hydrogen-bond donors (Lipinski definition) is 1. The van der Waals surface area contributed by atoms with Gasteiger partial charge in [0, 0.05) is 18.0 Å². The van der Waals surface area contributed by atoms with E-state index in [9.17, 15) is 9.90 Å². The zero-order valence-corrected chi connectivity index (χ0v) is 18.2. The molecule has 0 atom stereocenters. The van der Waals surface area contributed by atoms with Gasteiger partial charge in [-0.25, -0.2) is 0 Å². The molecule has 0 unspecified atom stereocenters. The Morgan fingerprint density at radius 2 is 1.70 bits per heavy atom. The predicted molar refractivity (Wildman–Crippen MR) is 116 cm³/mol. The maximum atomic E-state index is 13.3.